The van der Waals surface area contributed by atoms with Crippen LogP contribution in [0.5, 0.6) is 0 Å². The van der Waals surface area contributed by atoms with Crippen molar-refractivity contribution in [1.29, 1.82) is 0 Å². The van der Waals surface area contributed by atoms with Gasteiger partial charge in [-0.05, 0) is 18.9 Å². The van der Waals surface area contributed by atoms with Crippen LogP contribution >= 0.6 is 0 Å². The number of hydrogen-bond donors (Lipinski definition) is 0. The van der Waals surface area contributed by atoms with Crippen LogP contribution in [0.1, 0.15) is 31.2 Å². The summed E-state index contributed by atoms with van der Waals surface area (Å²) in [5.41, 5.74) is 0.327. The van der Waals surface area contributed by atoms with Crippen LogP contribution in [0.3, 0.4) is 0 Å². The second kappa shape index (κ2) is 7.62. The van der Waals surface area contributed by atoms with Crippen molar-refractivity contribution in [3.05, 3.63) is 56.1 Å². The van der Waals surface area contributed by atoms with Crippen molar-refractivity contribution in [2.24, 2.45) is 11.8 Å². The first kappa shape index (κ1) is 16.8. The highest BCUT2D eigenvalue weighted by molar-refractivity contribution is 5.82. The molecule has 2 rings (SSSR count). The maximum atomic E-state index is 12.0. The van der Waals surface area contributed by atoms with Gasteiger partial charge in [0.1, 0.15) is 5.78 Å². The molecule has 2 unspecified atom stereocenters. The third-order valence-electron chi connectivity index (χ3n) is 4.14. The summed E-state index contributed by atoms with van der Waals surface area (Å²) in [6.07, 6.45) is 5.91. The smallest absolute Gasteiger partial charge is 0.276 e. The quantitative estimate of drug-likeness (QED) is 0.591. The number of nitrogens with zero attached hydrogens (tertiary/aromatic N) is 2. The van der Waals surface area contributed by atoms with Gasteiger partial charge in [-0.2, -0.15) is 0 Å². The van der Waals surface area contributed by atoms with Crippen LogP contribution < -0.4 is 0 Å². The van der Waals surface area contributed by atoms with Crippen LogP contribution in [-0.2, 0) is 4.79 Å². The molecule has 0 amide bonds. The largest absolute Gasteiger partial charge is 0.299 e. The number of nitro benzene ring substituents is 1. The summed E-state index contributed by atoms with van der Waals surface area (Å²) in [7, 11) is 0. The molecule has 1 aromatic carbocycles. The number of rotatable bonds is 6. The lowest BCUT2D eigenvalue weighted by atomic mass is 9.78. The molecule has 7 heteroatoms. The molecule has 0 N–H and O–H groups in total. The van der Waals surface area contributed by atoms with Gasteiger partial charge in [0.05, 0.1) is 16.4 Å². The Balaban J connectivity index is 2.25. The Morgan fingerprint density at radius 1 is 1.22 bits per heavy atom. The van der Waals surface area contributed by atoms with Gasteiger partial charge in [-0.25, -0.2) is 0 Å². The minimum Gasteiger partial charge on any atom is -0.299 e. The van der Waals surface area contributed by atoms with E-state index in [0.717, 1.165) is 12.8 Å². The van der Waals surface area contributed by atoms with Crippen molar-refractivity contribution in [3.8, 4) is 0 Å². The van der Waals surface area contributed by atoms with E-state index >= 15 is 0 Å². The van der Waals surface area contributed by atoms with Crippen LogP contribution in [0.25, 0.3) is 6.08 Å². The topological polar surface area (TPSA) is 103 Å². The number of para-hydroxylation sites is 1. The molecular weight excluding hydrogens is 300 g/mol. The standard InChI is InChI=1S/C16H18N2O5/c19-16-8-4-2-6-14(16)13(11-17(20)21)10-9-12-5-1-3-7-15(12)18(22)23/h1,3,5,7,9-10,13-14H,2,4,6,8,11H2/b10-9+. The summed E-state index contributed by atoms with van der Waals surface area (Å²) in [5, 5.41) is 21.9. The average Bonchev–Trinajstić information content (AvgIpc) is 2.52. The number of benzene rings is 1. The molecule has 1 saturated carbocycles. The van der Waals surface area contributed by atoms with Gasteiger partial charge in [0, 0.05) is 23.3 Å². The Kier molecular flexibility index (Phi) is 5.56. The maximum absolute atomic E-state index is 12.0. The van der Waals surface area contributed by atoms with Crippen molar-refractivity contribution in [2.45, 2.75) is 25.7 Å². The van der Waals surface area contributed by atoms with E-state index < -0.39 is 15.8 Å². The van der Waals surface area contributed by atoms with E-state index in [9.17, 15) is 25.0 Å². The van der Waals surface area contributed by atoms with Crippen molar-refractivity contribution in [3.63, 3.8) is 0 Å². The summed E-state index contributed by atoms with van der Waals surface area (Å²) in [5.74, 6) is -0.846. The number of ketones is 1. The van der Waals surface area contributed by atoms with E-state index in [0.29, 0.717) is 18.4 Å². The average molecular weight is 318 g/mol. The van der Waals surface area contributed by atoms with Gasteiger partial charge in [-0.1, -0.05) is 30.7 Å². The third kappa shape index (κ3) is 4.45. The van der Waals surface area contributed by atoms with Crippen molar-refractivity contribution in [1.82, 2.24) is 0 Å². The fourth-order valence-corrected chi connectivity index (χ4v) is 2.98. The fourth-order valence-electron chi connectivity index (χ4n) is 2.98. The highest BCUT2D eigenvalue weighted by Crippen LogP contribution is 2.29. The molecule has 1 aliphatic carbocycles. The minimum absolute atomic E-state index is 0.0512. The Morgan fingerprint density at radius 3 is 2.61 bits per heavy atom. The minimum atomic E-state index is -0.530. The summed E-state index contributed by atoms with van der Waals surface area (Å²) in [4.78, 5) is 33.0. The lowest BCUT2D eigenvalue weighted by Gasteiger charge is -2.24. The van der Waals surface area contributed by atoms with Crippen molar-refractivity contribution in [2.75, 3.05) is 6.54 Å². The number of carbonyl (C=O) groups is 1. The van der Waals surface area contributed by atoms with Crippen LogP contribution in [0.2, 0.25) is 0 Å². The van der Waals surface area contributed by atoms with E-state index in [-0.39, 0.29) is 23.9 Å². The Hall–Kier alpha value is -2.57. The van der Waals surface area contributed by atoms with Gasteiger partial charge in [0.15, 0.2) is 0 Å². The molecule has 0 aromatic heterocycles. The molecule has 0 bridgehead atoms. The lowest BCUT2D eigenvalue weighted by Crippen LogP contribution is -2.30. The summed E-state index contributed by atoms with van der Waals surface area (Å²) >= 11 is 0. The second-order valence-corrected chi connectivity index (χ2v) is 5.67. The second-order valence-electron chi connectivity index (χ2n) is 5.67. The Labute approximate surface area is 133 Å². The molecule has 1 aromatic rings. The third-order valence-corrected chi connectivity index (χ3v) is 4.14. The van der Waals surface area contributed by atoms with E-state index in [1.54, 1.807) is 24.3 Å². The van der Waals surface area contributed by atoms with Gasteiger partial charge in [0.25, 0.3) is 5.69 Å². The zero-order valence-corrected chi connectivity index (χ0v) is 12.6. The van der Waals surface area contributed by atoms with E-state index in [2.05, 4.69) is 0 Å². The highest BCUT2D eigenvalue weighted by atomic mass is 16.6. The first-order valence-corrected chi connectivity index (χ1v) is 7.55. The number of hydrogen-bond acceptors (Lipinski definition) is 5. The predicted octanol–water partition coefficient (Wildman–Crippen LogP) is 3.26. The van der Waals surface area contributed by atoms with Crippen LogP contribution in [0.15, 0.2) is 30.3 Å². The molecule has 2 atom stereocenters. The molecule has 0 spiro atoms. The zero-order valence-electron chi connectivity index (χ0n) is 12.6. The lowest BCUT2D eigenvalue weighted by molar-refractivity contribution is -0.487. The van der Waals surface area contributed by atoms with Crippen LogP contribution in [0.4, 0.5) is 5.69 Å². The molecule has 0 aliphatic heterocycles. The molecule has 0 radical (unpaired) electrons. The van der Waals surface area contributed by atoms with Gasteiger partial charge in [-0.3, -0.25) is 25.0 Å². The van der Waals surface area contributed by atoms with Gasteiger partial charge in [0.2, 0.25) is 6.54 Å². The van der Waals surface area contributed by atoms with Crippen LogP contribution in [-0.4, -0.2) is 22.2 Å². The number of nitro groups is 2. The molecule has 0 saturated heterocycles. The highest BCUT2D eigenvalue weighted by Gasteiger charge is 2.31. The molecule has 23 heavy (non-hydrogen) atoms. The predicted molar refractivity (Wildman–Crippen MR) is 84.4 cm³/mol. The molecule has 0 heterocycles. The van der Waals surface area contributed by atoms with Crippen LogP contribution in [0, 0.1) is 32.1 Å². The molecule has 122 valence electrons. The molecule has 1 fully saturated rings. The Bertz CT molecular complexity index is 641. The molecule has 1 aliphatic rings. The normalized spacial score (nSPS) is 19.7. The van der Waals surface area contributed by atoms with E-state index in [1.807, 2.05) is 0 Å². The fraction of sp³-hybridized carbons (Fsp3) is 0.438. The van der Waals surface area contributed by atoms with E-state index in [1.165, 1.54) is 12.1 Å². The van der Waals surface area contributed by atoms with Crippen molar-refractivity contribution >= 4 is 17.5 Å². The summed E-state index contributed by atoms with van der Waals surface area (Å²) < 4.78 is 0. The SMILES string of the molecule is O=C1CCCCC1C(/C=C/c1ccccc1[N+](=O)[O-])C[N+](=O)[O-]. The monoisotopic (exact) mass is 318 g/mol. The first-order valence-electron chi connectivity index (χ1n) is 7.55. The summed E-state index contributed by atoms with van der Waals surface area (Å²) in [6, 6.07) is 6.20. The first-order chi connectivity index (χ1) is 11.0. The van der Waals surface area contributed by atoms with Gasteiger partial charge >= 0.3 is 0 Å². The number of Topliss-reactive ketones (excluding diaryl/α,β-unsaturated/α-hetero) is 1. The zero-order chi connectivity index (χ0) is 16.8. The maximum Gasteiger partial charge on any atom is 0.276 e. The van der Waals surface area contributed by atoms with E-state index in [4.69, 9.17) is 0 Å². The van der Waals surface area contributed by atoms with Gasteiger partial charge < -0.3 is 0 Å². The number of carbonyl (C=O) groups excluding carboxylic acids is 1. The van der Waals surface area contributed by atoms with Gasteiger partial charge in [-0.15, -0.1) is 0 Å². The van der Waals surface area contributed by atoms with Crippen molar-refractivity contribution < 1.29 is 14.6 Å². The summed E-state index contributed by atoms with van der Waals surface area (Å²) in [6.45, 7) is -0.340. The Morgan fingerprint density at radius 2 is 1.96 bits per heavy atom. The molecule has 7 nitrogen and oxygen atoms in total. The molecular formula is C16H18N2O5.